The topological polar surface area (TPSA) is 77.5 Å². The zero-order valence-electron chi connectivity index (χ0n) is 14.5. The number of thiophene rings is 1. The van der Waals surface area contributed by atoms with Crippen LogP contribution in [0.15, 0.2) is 63.7 Å². The van der Waals surface area contributed by atoms with Crippen LogP contribution in [-0.4, -0.2) is 28.9 Å². The quantitative estimate of drug-likeness (QED) is 0.291. The Morgan fingerprint density at radius 2 is 1.68 bits per heavy atom. The molecule has 0 saturated carbocycles. The molecule has 28 heavy (non-hydrogen) atoms. The number of aromatic hydroxyl groups is 2. The van der Waals surface area contributed by atoms with E-state index in [0.29, 0.717) is 5.56 Å². The second-order valence-corrected chi connectivity index (χ2v) is 6.69. The lowest BCUT2D eigenvalue weighted by Crippen LogP contribution is -1.87. The van der Waals surface area contributed by atoms with E-state index < -0.39 is 5.82 Å². The third kappa shape index (κ3) is 4.90. The van der Waals surface area contributed by atoms with Crippen LogP contribution in [0.1, 0.15) is 20.9 Å². The average molecular weight is 391 g/mol. The summed E-state index contributed by atoms with van der Waals surface area (Å²) in [6.07, 6.45) is 9.75. The predicted molar refractivity (Wildman–Crippen MR) is 111 cm³/mol. The lowest BCUT2D eigenvalue weighted by molar-refractivity contribution is 0.461. The standard InChI is InChI=1S/C21H14FN3O2S/c1-2-15-4-3-14(9-19(15)22)11-24-25-13-18-7-6-17(28-18)12-23-20-10-16(26)5-8-21(20)27/h1,3-13,26-27H/b23-12+,24-11+,25-13+. The van der Waals surface area contributed by atoms with E-state index in [4.69, 9.17) is 6.42 Å². The number of hydrogen-bond donors (Lipinski definition) is 2. The van der Waals surface area contributed by atoms with Crippen molar-refractivity contribution in [2.45, 2.75) is 0 Å². The van der Waals surface area contributed by atoms with Crippen LogP contribution in [0, 0.1) is 18.2 Å². The number of phenolic OH excluding ortho intramolecular Hbond substituents is 2. The highest BCUT2D eigenvalue weighted by atomic mass is 32.1. The Hall–Kier alpha value is -3.76. The Morgan fingerprint density at radius 3 is 2.43 bits per heavy atom. The van der Waals surface area contributed by atoms with Crippen LogP contribution < -0.4 is 0 Å². The number of rotatable bonds is 5. The molecule has 0 amide bonds. The highest BCUT2D eigenvalue weighted by Crippen LogP contribution is 2.30. The van der Waals surface area contributed by atoms with Crippen molar-refractivity contribution in [2.75, 3.05) is 0 Å². The van der Waals surface area contributed by atoms with Gasteiger partial charge >= 0.3 is 0 Å². The van der Waals surface area contributed by atoms with Crippen molar-refractivity contribution in [1.82, 2.24) is 0 Å². The third-order valence-electron chi connectivity index (χ3n) is 3.54. The van der Waals surface area contributed by atoms with Gasteiger partial charge in [0, 0.05) is 22.0 Å². The molecule has 138 valence electrons. The molecule has 0 atom stereocenters. The lowest BCUT2D eigenvalue weighted by Gasteiger charge is -1.98. The first-order valence-corrected chi connectivity index (χ1v) is 8.85. The number of aliphatic imine (C=N–C) groups is 1. The summed E-state index contributed by atoms with van der Waals surface area (Å²) in [6, 6.07) is 12.3. The molecular formula is C21H14FN3O2S. The summed E-state index contributed by atoms with van der Waals surface area (Å²) in [5.41, 5.74) is 1.03. The number of nitrogens with zero attached hydrogens (tertiary/aromatic N) is 3. The van der Waals surface area contributed by atoms with Crippen LogP contribution in [0.4, 0.5) is 10.1 Å². The molecule has 0 saturated heterocycles. The molecule has 1 heterocycles. The average Bonchev–Trinajstić information content (AvgIpc) is 3.14. The maximum atomic E-state index is 13.6. The van der Waals surface area contributed by atoms with Gasteiger partial charge in [-0.2, -0.15) is 10.2 Å². The van der Waals surface area contributed by atoms with Crippen LogP contribution in [0.2, 0.25) is 0 Å². The molecule has 0 aliphatic carbocycles. The Morgan fingerprint density at radius 1 is 0.929 bits per heavy atom. The van der Waals surface area contributed by atoms with Gasteiger partial charge in [-0.15, -0.1) is 17.8 Å². The molecule has 2 aromatic carbocycles. The van der Waals surface area contributed by atoms with E-state index in [1.165, 1.54) is 47.9 Å². The van der Waals surface area contributed by atoms with Gasteiger partial charge in [-0.05, 0) is 42.0 Å². The van der Waals surface area contributed by atoms with E-state index in [9.17, 15) is 14.6 Å². The van der Waals surface area contributed by atoms with Gasteiger partial charge in [-0.3, -0.25) is 4.99 Å². The van der Waals surface area contributed by atoms with Gasteiger partial charge in [-0.1, -0.05) is 12.0 Å². The van der Waals surface area contributed by atoms with Crippen LogP contribution in [0.25, 0.3) is 0 Å². The van der Waals surface area contributed by atoms with Crippen molar-refractivity contribution in [3.8, 4) is 23.8 Å². The van der Waals surface area contributed by atoms with Crippen molar-refractivity contribution in [3.05, 3.63) is 75.2 Å². The maximum Gasteiger partial charge on any atom is 0.141 e. The van der Waals surface area contributed by atoms with E-state index in [1.54, 1.807) is 18.5 Å². The molecule has 0 spiro atoms. The van der Waals surface area contributed by atoms with Crippen molar-refractivity contribution in [3.63, 3.8) is 0 Å². The fourth-order valence-electron chi connectivity index (χ4n) is 2.17. The number of benzene rings is 2. The smallest absolute Gasteiger partial charge is 0.141 e. The zero-order chi connectivity index (χ0) is 19.9. The number of hydrogen-bond acceptors (Lipinski definition) is 6. The minimum atomic E-state index is -0.476. The molecular weight excluding hydrogens is 377 g/mol. The molecule has 1 aromatic heterocycles. The first kappa shape index (κ1) is 19.0. The summed E-state index contributed by atoms with van der Waals surface area (Å²) < 4.78 is 13.6. The van der Waals surface area contributed by atoms with Crippen LogP contribution >= 0.6 is 11.3 Å². The van der Waals surface area contributed by atoms with Gasteiger partial charge in [-0.25, -0.2) is 4.39 Å². The van der Waals surface area contributed by atoms with E-state index in [2.05, 4.69) is 21.1 Å². The van der Waals surface area contributed by atoms with Crippen molar-refractivity contribution in [1.29, 1.82) is 0 Å². The number of halogens is 1. The van der Waals surface area contributed by atoms with Crippen LogP contribution in [-0.2, 0) is 0 Å². The summed E-state index contributed by atoms with van der Waals surface area (Å²) in [5.74, 6) is 1.78. The highest BCUT2D eigenvalue weighted by Gasteiger charge is 2.01. The van der Waals surface area contributed by atoms with E-state index in [1.807, 2.05) is 12.1 Å². The van der Waals surface area contributed by atoms with Gasteiger partial charge < -0.3 is 10.2 Å². The third-order valence-corrected chi connectivity index (χ3v) is 4.50. The maximum absolute atomic E-state index is 13.6. The van der Waals surface area contributed by atoms with Gasteiger partial charge in [0.1, 0.15) is 23.0 Å². The van der Waals surface area contributed by atoms with Crippen molar-refractivity contribution >= 4 is 35.7 Å². The van der Waals surface area contributed by atoms with Gasteiger partial charge in [0.2, 0.25) is 0 Å². The molecule has 2 N–H and O–H groups in total. The van der Waals surface area contributed by atoms with Gasteiger partial charge in [0.25, 0.3) is 0 Å². The molecule has 0 aliphatic heterocycles. The van der Waals surface area contributed by atoms with Gasteiger partial charge in [0.05, 0.1) is 18.0 Å². The lowest BCUT2D eigenvalue weighted by atomic mass is 10.1. The molecule has 0 fully saturated rings. The largest absolute Gasteiger partial charge is 0.508 e. The highest BCUT2D eigenvalue weighted by molar-refractivity contribution is 7.15. The number of phenols is 2. The Bertz CT molecular complexity index is 1130. The molecule has 5 nitrogen and oxygen atoms in total. The van der Waals surface area contributed by atoms with Crippen molar-refractivity contribution in [2.24, 2.45) is 15.2 Å². The second-order valence-electron chi connectivity index (χ2n) is 5.54. The van der Waals surface area contributed by atoms with Crippen LogP contribution in [0.3, 0.4) is 0 Å². The molecule has 0 aliphatic rings. The monoisotopic (exact) mass is 391 g/mol. The van der Waals surface area contributed by atoms with Crippen LogP contribution in [0.5, 0.6) is 11.5 Å². The first-order chi connectivity index (χ1) is 13.5. The molecule has 0 unspecified atom stereocenters. The summed E-state index contributed by atoms with van der Waals surface area (Å²) in [7, 11) is 0. The van der Waals surface area contributed by atoms with E-state index >= 15 is 0 Å². The fourth-order valence-corrected chi connectivity index (χ4v) is 2.92. The molecule has 7 heteroatoms. The summed E-state index contributed by atoms with van der Waals surface area (Å²) in [4.78, 5) is 5.83. The summed E-state index contributed by atoms with van der Waals surface area (Å²) >= 11 is 1.42. The molecule has 3 aromatic rings. The van der Waals surface area contributed by atoms with E-state index in [0.717, 1.165) is 9.75 Å². The van der Waals surface area contributed by atoms with E-state index in [-0.39, 0.29) is 22.7 Å². The minimum absolute atomic E-state index is 0.0200. The predicted octanol–water partition coefficient (Wildman–Crippen LogP) is 4.48. The summed E-state index contributed by atoms with van der Waals surface area (Å²) in [6.45, 7) is 0. The number of terminal acetylenes is 1. The SMILES string of the molecule is C#Cc1ccc(/C=N/N=C/c2ccc(/C=N/c3cc(O)ccc3O)s2)cc1F. The van der Waals surface area contributed by atoms with Gasteiger partial charge in [0.15, 0.2) is 0 Å². The Labute approximate surface area is 164 Å². The second kappa shape index (κ2) is 8.75. The minimum Gasteiger partial charge on any atom is -0.508 e. The zero-order valence-corrected chi connectivity index (χ0v) is 15.3. The molecule has 3 rings (SSSR count). The summed E-state index contributed by atoms with van der Waals surface area (Å²) in [5, 5.41) is 27.0. The normalized spacial score (nSPS) is 11.6. The Balaban J connectivity index is 1.64. The Kier molecular flexibility index (Phi) is 5.94. The van der Waals surface area contributed by atoms with Crippen molar-refractivity contribution < 1.29 is 14.6 Å². The first-order valence-electron chi connectivity index (χ1n) is 8.03. The fraction of sp³-hybridized carbons (Fsp3) is 0. The molecule has 0 bridgehead atoms. The molecule has 0 radical (unpaired) electrons.